The van der Waals surface area contributed by atoms with Gasteiger partial charge in [0.05, 0.1) is 6.20 Å². The standard InChI is InChI=1S/C16H27FN4/c1-3-5-12-6-8-13(9-7-12)20-15-14(17)11-19-16(21-15)18-10-4-2/h11-13H,3-10H2,1-2H3,(H2,18,19,20,21). The molecule has 0 aliphatic heterocycles. The minimum atomic E-state index is -0.368. The van der Waals surface area contributed by atoms with Crippen LogP contribution in [0.15, 0.2) is 6.20 Å². The summed E-state index contributed by atoms with van der Waals surface area (Å²) < 4.78 is 13.8. The Labute approximate surface area is 127 Å². The molecule has 0 saturated heterocycles. The Bertz CT molecular complexity index is 430. The predicted octanol–water partition coefficient (Wildman–Crippen LogP) is 4.21. The molecular weight excluding hydrogens is 267 g/mol. The summed E-state index contributed by atoms with van der Waals surface area (Å²) in [5.41, 5.74) is 0. The Morgan fingerprint density at radius 1 is 1.19 bits per heavy atom. The topological polar surface area (TPSA) is 49.8 Å². The largest absolute Gasteiger partial charge is 0.365 e. The summed E-state index contributed by atoms with van der Waals surface area (Å²) in [7, 11) is 0. The molecule has 2 rings (SSSR count). The van der Waals surface area contributed by atoms with E-state index in [1.165, 1.54) is 31.9 Å². The number of nitrogens with one attached hydrogen (secondary N) is 2. The highest BCUT2D eigenvalue weighted by molar-refractivity contribution is 5.41. The van der Waals surface area contributed by atoms with Crippen molar-refractivity contribution < 1.29 is 4.39 Å². The number of anilines is 2. The highest BCUT2D eigenvalue weighted by Crippen LogP contribution is 2.29. The zero-order valence-corrected chi connectivity index (χ0v) is 13.2. The van der Waals surface area contributed by atoms with Crippen LogP contribution in [0.4, 0.5) is 16.2 Å². The van der Waals surface area contributed by atoms with Gasteiger partial charge in [-0.2, -0.15) is 4.98 Å². The van der Waals surface area contributed by atoms with Crippen LogP contribution in [0.1, 0.15) is 58.8 Å². The van der Waals surface area contributed by atoms with Gasteiger partial charge in [-0.15, -0.1) is 0 Å². The molecule has 0 unspecified atom stereocenters. The van der Waals surface area contributed by atoms with Gasteiger partial charge in [0.15, 0.2) is 11.6 Å². The van der Waals surface area contributed by atoms with Gasteiger partial charge in [0.1, 0.15) is 0 Å². The van der Waals surface area contributed by atoms with Gasteiger partial charge in [0.2, 0.25) is 5.95 Å². The van der Waals surface area contributed by atoms with E-state index >= 15 is 0 Å². The van der Waals surface area contributed by atoms with Gasteiger partial charge >= 0.3 is 0 Å². The molecule has 1 aromatic rings. The normalized spacial score (nSPS) is 22.0. The molecule has 1 fully saturated rings. The zero-order valence-electron chi connectivity index (χ0n) is 13.2. The summed E-state index contributed by atoms with van der Waals surface area (Å²) in [5.74, 6) is 1.32. The van der Waals surface area contributed by atoms with Gasteiger partial charge < -0.3 is 10.6 Å². The van der Waals surface area contributed by atoms with Gasteiger partial charge in [-0.1, -0.05) is 26.7 Å². The summed E-state index contributed by atoms with van der Waals surface area (Å²) in [6.07, 6.45) is 9.49. The van der Waals surface area contributed by atoms with Crippen LogP contribution in [0.25, 0.3) is 0 Å². The lowest BCUT2D eigenvalue weighted by atomic mass is 9.83. The quantitative estimate of drug-likeness (QED) is 0.791. The fourth-order valence-corrected chi connectivity index (χ4v) is 2.99. The lowest BCUT2D eigenvalue weighted by Gasteiger charge is -2.29. The minimum Gasteiger partial charge on any atom is -0.365 e. The van der Waals surface area contributed by atoms with Crippen molar-refractivity contribution in [3.8, 4) is 0 Å². The summed E-state index contributed by atoms with van der Waals surface area (Å²) in [6, 6.07) is 0.335. The van der Waals surface area contributed by atoms with Crippen molar-refractivity contribution in [3.05, 3.63) is 12.0 Å². The van der Waals surface area contributed by atoms with Crippen molar-refractivity contribution in [1.29, 1.82) is 0 Å². The van der Waals surface area contributed by atoms with Crippen molar-refractivity contribution in [2.75, 3.05) is 17.2 Å². The maximum Gasteiger partial charge on any atom is 0.224 e. The first kappa shape index (κ1) is 16.0. The third-order valence-corrected chi connectivity index (χ3v) is 4.16. The maximum atomic E-state index is 13.8. The van der Waals surface area contributed by atoms with Gasteiger partial charge in [-0.3, -0.25) is 0 Å². The van der Waals surface area contributed by atoms with Crippen LogP contribution in [-0.2, 0) is 0 Å². The maximum absolute atomic E-state index is 13.8. The van der Waals surface area contributed by atoms with E-state index in [1.54, 1.807) is 0 Å². The van der Waals surface area contributed by atoms with E-state index in [0.717, 1.165) is 31.7 Å². The van der Waals surface area contributed by atoms with E-state index in [1.807, 2.05) is 0 Å². The first-order chi connectivity index (χ1) is 10.2. The van der Waals surface area contributed by atoms with Crippen molar-refractivity contribution in [2.24, 2.45) is 5.92 Å². The molecule has 0 bridgehead atoms. The molecule has 1 aliphatic carbocycles. The van der Waals surface area contributed by atoms with Crippen LogP contribution in [0, 0.1) is 11.7 Å². The molecule has 1 heterocycles. The van der Waals surface area contributed by atoms with Gasteiger partial charge in [-0.05, 0) is 38.0 Å². The molecule has 0 spiro atoms. The molecule has 0 amide bonds. The van der Waals surface area contributed by atoms with E-state index in [4.69, 9.17) is 0 Å². The smallest absolute Gasteiger partial charge is 0.224 e. The van der Waals surface area contributed by atoms with E-state index in [9.17, 15) is 4.39 Å². The molecule has 1 aliphatic rings. The second-order valence-electron chi connectivity index (χ2n) is 5.97. The summed E-state index contributed by atoms with van der Waals surface area (Å²) in [6.45, 7) is 5.11. The lowest BCUT2D eigenvalue weighted by molar-refractivity contribution is 0.318. The highest BCUT2D eigenvalue weighted by atomic mass is 19.1. The average Bonchev–Trinajstić information content (AvgIpc) is 2.50. The van der Waals surface area contributed by atoms with Crippen LogP contribution in [0.3, 0.4) is 0 Å². The van der Waals surface area contributed by atoms with E-state index in [0.29, 0.717) is 17.8 Å². The molecule has 118 valence electrons. The molecule has 0 atom stereocenters. The second-order valence-corrected chi connectivity index (χ2v) is 5.97. The Morgan fingerprint density at radius 2 is 1.95 bits per heavy atom. The zero-order chi connectivity index (χ0) is 15.1. The van der Waals surface area contributed by atoms with Gasteiger partial charge in [0, 0.05) is 12.6 Å². The van der Waals surface area contributed by atoms with Crippen LogP contribution in [-0.4, -0.2) is 22.6 Å². The fraction of sp³-hybridized carbons (Fsp3) is 0.750. The predicted molar refractivity (Wildman–Crippen MR) is 85.0 cm³/mol. The third-order valence-electron chi connectivity index (χ3n) is 4.16. The molecule has 1 aromatic heterocycles. The van der Waals surface area contributed by atoms with Crippen LogP contribution in [0.5, 0.6) is 0 Å². The Morgan fingerprint density at radius 3 is 2.62 bits per heavy atom. The molecule has 21 heavy (non-hydrogen) atoms. The lowest BCUT2D eigenvalue weighted by Crippen LogP contribution is -2.27. The third kappa shape index (κ3) is 4.83. The Hall–Kier alpha value is -1.39. The van der Waals surface area contributed by atoms with Crippen LogP contribution < -0.4 is 10.6 Å². The molecule has 0 aromatic carbocycles. The minimum absolute atomic E-state index is 0.335. The Kier molecular flexibility index (Phi) is 6.21. The molecule has 4 nitrogen and oxygen atoms in total. The Balaban J connectivity index is 1.90. The number of hydrogen-bond donors (Lipinski definition) is 2. The van der Waals surface area contributed by atoms with Crippen molar-refractivity contribution in [1.82, 2.24) is 9.97 Å². The summed E-state index contributed by atoms with van der Waals surface area (Å²) >= 11 is 0. The first-order valence-electron chi connectivity index (χ1n) is 8.25. The number of aromatic nitrogens is 2. The number of nitrogens with zero attached hydrogens (tertiary/aromatic N) is 2. The van der Waals surface area contributed by atoms with E-state index in [2.05, 4.69) is 34.4 Å². The van der Waals surface area contributed by atoms with Crippen molar-refractivity contribution >= 4 is 11.8 Å². The van der Waals surface area contributed by atoms with Crippen molar-refractivity contribution in [3.63, 3.8) is 0 Å². The fourth-order valence-electron chi connectivity index (χ4n) is 2.99. The molecular formula is C16H27FN4. The molecule has 5 heteroatoms. The monoisotopic (exact) mass is 294 g/mol. The van der Waals surface area contributed by atoms with Crippen LogP contribution >= 0.6 is 0 Å². The number of hydrogen-bond acceptors (Lipinski definition) is 4. The van der Waals surface area contributed by atoms with E-state index in [-0.39, 0.29) is 5.82 Å². The second kappa shape index (κ2) is 8.15. The SMILES string of the molecule is CCCNc1ncc(F)c(NC2CCC(CCC)CC2)n1. The molecule has 0 radical (unpaired) electrons. The molecule has 2 N–H and O–H groups in total. The number of halogens is 1. The van der Waals surface area contributed by atoms with E-state index < -0.39 is 0 Å². The van der Waals surface area contributed by atoms with Gasteiger partial charge in [0.25, 0.3) is 0 Å². The summed E-state index contributed by atoms with van der Waals surface area (Å²) in [5, 5.41) is 6.36. The summed E-state index contributed by atoms with van der Waals surface area (Å²) in [4.78, 5) is 8.22. The average molecular weight is 294 g/mol. The van der Waals surface area contributed by atoms with Gasteiger partial charge in [-0.25, -0.2) is 9.37 Å². The highest BCUT2D eigenvalue weighted by Gasteiger charge is 2.21. The first-order valence-corrected chi connectivity index (χ1v) is 8.25. The molecule has 1 saturated carbocycles. The number of rotatable bonds is 7. The van der Waals surface area contributed by atoms with Crippen LogP contribution in [0.2, 0.25) is 0 Å². The van der Waals surface area contributed by atoms with Crippen molar-refractivity contribution in [2.45, 2.75) is 64.8 Å².